The van der Waals surface area contributed by atoms with Gasteiger partial charge in [0.25, 0.3) is 5.91 Å². The lowest BCUT2D eigenvalue weighted by Gasteiger charge is -2.35. The summed E-state index contributed by atoms with van der Waals surface area (Å²) in [6.45, 7) is 1.30. The van der Waals surface area contributed by atoms with Crippen molar-refractivity contribution in [1.82, 2.24) is 9.91 Å². The number of nitrogens with zero attached hydrogens (tertiary/aromatic N) is 3. The third-order valence-corrected chi connectivity index (χ3v) is 6.30. The highest BCUT2D eigenvalue weighted by Crippen LogP contribution is 2.35. The number of hydrogen-bond donors (Lipinski definition) is 1. The number of fused-ring (bicyclic) bond motifs is 1. The van der Waals surface area contributed by atoms with Gasteiger partial charge in [0, 0.05) is 24.5 Å². The molecule has 2 aromatic heterocycles. The molecule has 162 valence electrons. The fourth-order valence-corrected chi connectivity index (χ4v) is 4.71. The lowest BCUT2D eigenvalue weighted by molar-refractivity contribution is -0.135. The molecule has 1 amide bonds. The first-order chi connectivity index (χ1) is 15.2. The molecular formula is C24H27N3O4. The van der Waals surface area contributed by atoms with Crippen LogP contribution in [0.1, 0.15) is 49.7 Å². The average molecular weight is 421 g/mol. The molecule has 3 aromatic rings. The summed E-state index contributed by atoms with van der Waals surface area (Å²) in [5.41, 5.74) is 1.55. The first-order valence-electron chi connectivity index (χ1n) is 11.0. The summed E-state index contributed by atoms with van der Waals surface area (Å²) in [7, 11) is 0. The third kappa shape index (κ3) is 4.03. The number of rotatable bonds is 6. The summed E-state index contributed by atoms with van der Waals surface area (Å²) in [4.78, 5) is 15.6. The van der Waals surface area contributed by atoms with Crippen molar-refractivity contribution in [2.24, 2.45) is 5.10 Å². The zero-order valence-electron chi connectivity index (χ0n) is 17.4. The smallest absolute Gasteiger partial charge is 0.257 e. The van der Waals surface area contributed by atoms with Gasteiger partial charge in [-0.05, 0) is 50.1 Å². The summed E-state index contributed by atoms with van der Waals surface area (Å²) < 4.78 is 11.7. The number of aliphatic hydroxyl groups excluding tert-OH is 1. The van der Waals surface area contributed by atoms with Crippen LogP contribution in [-0.4, -0.2) is 52.4 Å². The number of para-hydroxylation sites is 1. The Hall–Kier alpha value is -2.90. The van der Waals surface area contributed by atoms with Gasteiger partial charge in [-0.2, -0.15) is 5.10 Å². The van der Waals surface area contributed by atoms with E-state index in [0.717, 1.165) is 42.5 Å². The number of carbonyl (C=O) groups excluding carboxylic acids is 1. The standard InChI is InChI=1S/C24H27N3O4/c28-12-10-18-7-3-4-11-26(18)16-24(29)27-20(22-9-5-13-30-22)15-19(25-27)23-14-17-6-1-2-8-21(17)31-23/h1-2,5-6,8-9,13-14,18,20,28H,3-4,7,10-12,15-16H2. The Bertz CT molecular complexity index is 1040. The molecule has 7 heteroatoms. The SMILES string of the molecule is O=C(CN1CCCCC1CCO)N1N=C(c2cc3ccccc3o2)CC1c1ccco1. The lowest BCUT2D eigenvalue weighted by atomic mass is 9.99. The van der Waals surface area contributed by atoms with E-state index in [4.69, 9.17) is 13.9 Å². The molecule has 1 fully saturated rings. The van der Waals surface area contributed by atoms with Crippen LogP contribution in [0.3, 0.4) is 0 Å². The largest absolute Gasteiger partial charge is 0.467 e. The topological polar surface area (TPSA) is 82.4 Å². The maximum absolute atomic E-state index is 13.4. The zero-order valence-corrected chi connectivity index (χ0v) is 17.4. The highest BCUT2D eigenvalue weighted by Gasteiger charge is 2.37. The maximum atomic E-state index is 13.4. The van der Waals surface area contributed by atoms with E-state index >= 15 is 0 Å². The summed E-state index contributed by atoms with van der Waals surface area (Å²) in [6.07, 6.45) is 6.09. The quantitative estimate of drug-likeness (QED) is 0.652. The van der Waals surface area contributed by atoms with Crippen LogP contribution in [0.25, 0.3) is 11.0 Å². The predicted octanol–water partition coefficient (Wildman–Crippen LogP) is 3.94. The molecule has 2 atom stereocenters. The van der Waals surface area contributed by atoms with Crippen molar-refractivity contribution in [3.8, 4) is 0 Å². The fourth-order valence-electron chi connectivity index (χ4n) is 4.71. The van der Waals surface area contributed by atoms with Gasteiger partial charge in [0.2, 0.25) is 0 Å². The number of carbonyl (C=O) groups is 1. The van der Waals surface area contributed by atoms with Gasteiger partial charge in [0.05, 0.1) is 12.8 Å². The van der Waals surface area contributed by atoms with Gasteiger partial charge in [-0.3, -0.25) is 9.69 Å². The minimum atomic E-state index is -0.285. The van der Waals surface area contributed by atoms with Crippen molar-refractivity contribution >= 4 is 22.6 Å². The molecule has 2 unspecified atom stereocenters. The summed E-state index contributed by atoms with van der Waals surface area (Å²) in [5, 5.41) is 16.7. The van der Waals surface area contributed by atoms with E-state index in [-0.39, 0.29) is 24.6 Å². The average Bonchev–Trinajstić information content (AvgIpc) is 3.53. The van der Waals surface area contributed by atoms with E-state index in [2.05, 4.69) is 4.90 Å². The Morgan fingerprint density at radius 1 is 1.19 bits per heavy atom. The van der Waals surface area contributed by atoms with Crippen LogP contribution in [0.2, 0.25) is 0 Å². The van der Waals surface area contributed by atoms with E-state index < -0.39 is 0 Å². The Labute approximate surface area is 180 Å². The molecule has 1 N–H and O–H groups in total. The first kappa shape index (κ1) is 20.0. The molecule has 1 aromatic carbocycles. The number of aliphatic hydroxyl groups is 1. The van der Waals surface area contributed by atoms with Gasteiger partial charge in [0.1, 0.15) is 23.1 Å². The van der Waals surface area contributed by atoms with Crippen LogP contribution in [-0.2, 0) is 4.79 Å². The van der Waals surface area contributed by atoms with Crippen molar-refractivity contribution in [2.75, 3.05) is 19.7 Å². The third-order valence-electron chi connectivity index (χ3n) is 6.30. The molecule has 0 bridgehead atoms. The highest BCUT2D eigenvalue weighted by atomic mass is 16.3. The van der Waals surface area contributed by atoms with E-state index in [0.29, 0.717) is 30.9 Å². The van der Waals surface area contributed by atoms with E-state index in [9.17, 15) is 9.90 Å². The summed E-state index contributed by atoms with van der Waals surface area (Å²) in [5.74, 6) is 1.34. The number of furan rings is 2. The van der Waals surface area contributed by atoms with Gasteiger partial charge in [-0.25, -0.2) is 5.01 Å². The van der Waals surface area contributed by atoms with Crippen molar-refractivity contribution < 1.29 is 18.7 Å². The van der Waals surface area contributed by atoms with Crippen LogP contribution in [0, 0.1) is 0 Å². The molecule has 0 saturated carbocycles. The number of piperidine rings is 1. The number of amides is 1. The molecule has 31 heavy (non-hydrogen) atoms. The van der Waals surface area contributed by atoms with Crippen LogP contribution >= 0.6 is 0 Å². The molecule has 0 spiro atoms. The lowest BCUT2D eigenvalue weighted by Crippen LogP contribution is -2.46. The zero-order chi connectivity index (χ0) is 21.2. The van der Waals surface area contributed by atoms with Gasteiger partial charge >= 0.3 is 0 Å². The predicted molar refractivity (Wildman–Crippen MR) is 117 cm³/mol. The van der Waals surface area contributed by atoms with Crippen LogP contribution in [0.15, 0.2) is 62.7 Å². The number of benzene rings is 1. The van der Waals surface area contributed by atoms with E-state index in [1.165, 1.54) is 0 Å². The highest BCUT2D eigenvalue weighted by molar-refractivity contribution is 6.03. The van der Waals surface area contributed by atoms with Crippen LogP contribution in [0.4, 0.5) is 0 Å². The monoisotopic (exact) mass is 421 g/mol. The second-order valence-electron chi connectivity index (χ2n) is 8.30. The molecule has 0 radical (unpaired) electrons. The Morgan fingerprint density at radius 3 is 2.90 bits per heavy atom. The van der Waals surface area contributed by atoms with Crippen molar-refractivity contribution in [1.29, 1.82) is 0 Å². The molecule has 7 nitrogen and oxygen atoms in total. The molecule has 2 aliphatic heterocycles. The molecule has 1 saturated heterocycles. The van der Waals surface area contributed by atoms with Crippen molar-refractivity contribution in [2.45, 2.75) is 44.2 Å². The number of hydrogen-bond acceptors (Lipinski definition) is 6. The number of likely N-dealkylation sites (tertiary alicyclic amines) is 1. The molecule has 2 aliphatic rings. The number of hydrazone groups is 1. The fraction of sp³-hybridized carbons (Fsp3) is 0.417. The summed E-state index contributed by atoms with van der Waals surface area (Å²) in [6, 6.07) is 13.5. The summed E-state index contributed by atoms with van der Waals surface area (Å²) >= 11 is 0. The van der Waals surface area contributed by atoms with Crippen LogP contribution < -0.4 is 0 Å². The molecular weight excluding hydrogens is 394 g/mol. The molecule has 4 heterocycles. The molecule has 0 aliphatic carbocycles. The second-order valence-corrected chi connectivity index (χ2v) is 8.30. The Balaban J connectivity index is 1.41. The first-order valence-corrected chi connectivity index (χ1v) is 11.0. The van der Waals surface area contributed by atoms with Crippen molar-refractivity contribution in [3.63, 3.8) is 0 Å². The minimum absolute atomic E-state index is 0.0580. The maximum Gasteiger partial charge on any atom is 0.257 e. The van der Waals surface area contributed by atoms with E-state index in [1.54, 1.807) is 11.3 Å². The Kier molecular flexibility index (Phi) is 5.61. The minimum Gasteiger partial charge on any atom is -0.467 e. The molecule has 5 rings (SSSR count). The van der Waals surface area contributed by atoms with Gasteiger partial charge in [-0.1, -0.05) is 24.6 Å². The van der Waals surface area contributed by atoms with Crippen molar-refractivity contribution in [3.05, 3.63) is 60.2 Å². The van der Waals surface area contributed by atoms with Gasteiger partial charge < -0.3 is 13.9 Å². The Morgan fingerprint density at radius 2 is 2.10 bits per heavy atom. The second kappa shape index (κ2) is 8.69. The van der Waals surface area contributed by atoms with Crippen LogP contribution in [0.5, 0.6) is 0 Å². The van der Waals surface area contributed by atoms with Gasteiger partial charge in [0.15, 0.2) is 5.76 Å². The normalized spacial score (nSPS) is 22.2. The van der Waals surface area contributed by atoms with Gasteiger partial charge in [-0.15, -0.1) is 0 Å². The van der Waals surface area contributed by atoms with E-state index in [1.807, 2.05) is 42.5 Å².